The zero-order chi connectivity index (χ0) is 22.7. The smallest absolute Gasteiger partial charge is 0.256 e. The number of nitrogens with zero attached hydrogens (tertiary/aromatic N) is 4. The number of carbonyl (C=O) groups is 1. The standard InChI is InChI=1S/C24H29FN6O/c1-4-6-7-8-16-9-10-18(19(25)13-16)24(3)14-17(20-11-12-31(5-2)30-20)21(23(32)28-24)22-26-15-27-29-22/h9-13,15H,4-8,14H2,1-3H3,(H,28,32)(H,26,27,29). The Balaban J connectivity index is 1.73. The topological polar surface area (TPSA) is 88.5 Å². The van der Waals surface area contributed by atoms with Crippen LogP contribution >= 0.6 is 0 Å². The van der Waals surface area contributed by atoms with Crippen LogP contribution in [0.2, 0.25) is 0 Å². The first-order valence-corrected chi connectivity index (χ1v) is 11.2. The molecule has 0 saturated heterocycles. The van der Waals surface area contributed by atoms with E-state index in [0.717, 1.165) is 31.2 Å². The van der Waals surface area contributed by atoms with Gasteiger partial charge in [-0.1, -0.05) is 31.9 Å². The number of aromatic amines is 1. The number of aryl methyl sites for hydroxylation is 2. The predicted molar refractivity (Wildman–Crippen MR) is 121 cm³/mol. The number of H-pyrrole nitrogens is 1. The van der Waals surface area contributed by atoms with Crippen molar-refractivity contribution in [3.8, 4) is 0 Å². The summed E-state index contributed by atoms with van der Waals surface area (Å²) >= 11 is 0. The number of unbranched alkanes of at least 4 members (excludes halogenated alkanes) is 2. The molecule has 0 bridgehead atoms. The van der Waals surface area contributed by atoms with E-state index in [1.165, 1.54) is 6.33 Å². The van der Waals surface area contributed by atoms with Gasteiger partial charge in [0, 0.05) is 24.7 Å². The number of rotatable bonds is 8. The molecule has 1 unspecified atom stereocenters. The lowest BCUT2D eigenvalue weighted by Gasteiger charge is -2.37. The van der Waals surface area contributed by atoms with Crippen LogP contribution in [0.5, 0.6) is 0 Å². The van der Waals surface area contributed by atoms with E-state index in [0.29, 0.717) is 41.2 Å². The van der Waals surface area contributed by atoms with Crippen molar-refractivity contribution in [1.29, 1.82) is 0 Å². The van der Waals surface area contributed by atoms with E-state index in [2.05, 4.69) is 32.5 Å². The second kappa shape index (κ2) is 9.06. The summed E-state index contributed by atoms with van der Waals surface area (Å²) in [4.78, 5) is 17.5. The van der Waals surface area contributed by atoms with Gasteiger partial charge in [-0.25, -0.2) is 9.37 Å². The Morgan fingerprint density at radius 1 is 1.22 bits per heavy atom. The maximum Gasteiger partial charge on any atom is 0.256 e. The Hall–Kier alpha value is -3.29. The number of aromatic nitrogens is 5. The highest BCUT2D eigenvalue weighted by molar-refractivity contribution is 6.27. The van der Waals surface area contributed by atoms with Crippen molar-refractivity contribution in [3.63, 3.8) is 0 Å². The van der Waals surface area contributed by atoms with Crippen molar-refractivity contribution >= 4 is 17.1 Å². The lowest BCUT2D eigenvalue weighted by molar-refractivity contribution is -0.117. The monoisotopic (exact) mass is 436 g/mol. The molecule has 168 valence electrons. The molecule has 7 nitrogen and oxygen atoms in total. The van der Waals surface area contributed by atoms with Gasteiger partial charge < -0.3 is 5.32 Å². The molecule has 0 fully saturated rings. The fourth-order valence-electron chi connectivity index (χ4n) is 4.33. The molecule has 0 radical (unpaired) electrons. The SMILES string of the molecule is CCCCCc1ccc(C2(C)CC(c3ccn(CC)n3)=C(c3ncn[nH]3)C(=O)N2)c(F)c1. The third kappa shape index (κ3) is 4.22. The molecule has 1 aliphatic heterocycles. The minimum Gasteiger partial charge on any atom is -0.342 e. The highest BCUT2D eigenvalue weighted by atomic mass is 19.1. The lowest BCUT2D eigenvalue weighted by Crippen LogP contribution is -2.48. The van der Waals surface area contributed by atoms with Gasteiger partial charge in [0.2, 0.25) is 0 Å². The van der Waals surface area contributed by atoms with Gasteiger partial charge in [0.15, 0.2) is 5.82 Å². The second-order valence-electron chi connectivity index (χ2n) is 8.48. The molecule has 0 spiro atoms. The van der Waals surface area contributed by atoms with Crippen LogP contribution in [-0.4, -0.2) is 30.9 Å². The first-order valence-electron chi connectivity index (χ1n) is 11.2. The Labute approximate surface area is 187 Å². The van der Waals surface area contributed by atoms with Crippen molar-refractivity contribution in [2.45, 2.75) is 65.0 Å². The van der Waals surface area contributed by atoms with Crippen LogP contribution in [-0.2, 0) is 23.3 Å². The molecule has 1 aliphatic rings. The summed E-state index contributed by atoms with van der Waals surface area (Å²) in [5.41, 5.74) is 2.30. The van der Waals surface area contributed by atoms with E-state index in [1.54, 1.807) is 16.8 Å². The summed E-state index contributed by atoms with van der Waals surface area (Å²) < 4.78 is 17.1. The minimum atomic E-state index is -0.919. The van der Waals surface area contributed by atoms with Gasteiger partial charge in [-0.15, -0.1) is 0 Å². The summed E-state index contributed by atoms with van der Waals surface area (Å²) in [7, 11) is 0. The third-order valence-electron chi connectivity index (χ3n) is 6.07. The zero-order valence-electron chi connectivity index (χ0n) is 18.8. The zero-order valence-corrected chi connectivity index (χ0v) is 18.8. The second-order valence-corrected chi connectivity index (χ2v) is 8.48. The molecule has 1 amide bonds. The van der Waals surface area contributed by atoms with E-state index < -0.39 is 5.54 Å². The molecule has 4 rings (SSSR count). The van der Waals surface area contributed by atoms with Gasteiger partial charge in [0.25, 0.3) is 5.91 Å². The summed E-state index contributed by atoms with van der Waals surface area (Å²) in [5.74, 6) is -0.260. The molecule has 2 N–H and O–H groups in total. The van der Waals surface area contributed by atoms with Crippen LogP contribution in [0.3, 0.4) is 0 Å². The van der Waals surface area contributed by atoms with E-state index in [-0.39, 0.29) is 11.7 Å². The van der Waals surface area contributed by atoms with Crippen LogP contribution in [0.4, 0.5) is 4.39 Å². The van der Waals surface area contributed by atoms with Gasteiger partial charge in [-0.2, -0.15) is 10.2 Å². The highest BCUT2D eigenvalue weighted by Crippen LogP contribution is 2.41. The molecule has 0 saturated carbocycles. The molecule has 3 heterocycles. The molecule has 0 aliphatic carbocycles. The quantitative estimate of drug-likeness (QED) is 0.517. The van der Waals surface area contributed by atoms with Crippen LogP contribution in [0.15, 0.2) is 36.8 Å². The van der Waals surface area contributed by atoms with Crippen molar-refractivity contribution in [2.75, 3.05) is 0 Å². The average molecular weight is 437 g/mol. The third-order valence-corrected chi connectivity index (χ3v) is 6.07. The maximum atomic E-state index is 15.3. The van der Waals surface area contributed by atoms with Crippen LogP contribution in [0.1, 0.15) is 69.1 Å². The van der Waals surface area contributed by atoms with Gasteiger partial charge in [-0.3, -0.25) is 14.6 Å². The van der Waals surface area contributed by atoms with Gasteiger partial charge in [0.05, 0.1) is 16.8 Å². The molecule has 1 aromatic carbocycles. The Morgan fingerprint density at radius 3 is 2.72 bits per heavy atom. The Bertz CT molecular complexity index is 1130. The van der Waals surface area contributed by atoms with Gasteiger partial charge >= 0.3 is 0 Å². The van der Waals surface area contributed by atoms with Crippen molar-refractivity contribution in [2.24, 2.45) is 0 Å². The number of carbonyl (C=O) groups excluding carboxylic acids is 1. The molecule has 1 atom stereocenters. The van der Waals surface area contributed by atoms with E-state index in [1.807, 2.05) is 32.2 Å². The molecular formula is C24H29FN6O. The molecule has 8 heteroatoms. The number of amides is 1. The fourth-order valence-corrected chi connectivity index (χ4v) is 4.33. The number of halogens is 1. The molecule has 2 aromatic heterocycles. The summed E-state index contributed by atoms with van der Waals surface area (Å²) in [5, 5.41) is 14.3. The molecule has 3 aromatic rings. The first kappa shape index (κ1) is 21.9. The minimum absolute atomic E-state index is 0.302. The van der Waals surface area contributed by atoms with Crippen LogP contribution in [0.25, 0.3) is 11.1 Å². The summed E-state index contributed by atoms with van der Waals surface area (Å²) in [6, 6.07) is 7.25. The maximum absolute atomic E-state index is 15.3. The highest BCUT2D eigenvalue weighted by Gasteiger charge is 2.40. The number of hydrogen-bond acceptors (Lipinski definition) is 4. The summed E-state index contributed by atoms with van der Waals surface area (Å²) in [6.07, 6.45) is 7.75. The largest absolute Gasteiger partial charge is 0.342 e. The Kier molecular flexibility index (Phi) is 6.21. The van der Waals surface area contributed by atoms with Crippen molar-refractivity contribution < 1.29 is 9.18 Å². The van der Waals surface area contributed by atoms with Gasteiger partial charge in [-0.05, 0) is 50.0 Å². The van der Waals surface area contributed by atoms with Crippen LogP contribution < -0.4 is 5.32 Å². The fraction of sp³-hybridized carbons (Fsp3) is 0.417. The number of hydrogen-bond donors (Lipinski definition) is 2. The lowest BCUT2D eigenvalue weighted by atomic mass is 9.79. The van der Waals surface area contributed by atoms with Crippen molar-refractivity contribution in [3.05, 3.63) is 65.3 Å². The predicted octanol–water partition coefficient (Wildman–Crippen LogP) is 4.24. The number of nitrogens with one attached hydrogen (secondary N) is 2. The normalized spacial score (nSPS) is 18.8. The molecular weight excluding hydrogens is 407 g/mol. The van der Waals surface area contributed by atoms with E-state index >= 15 is 4.39 Å². The van der Waals surface area contributed by atoms with E-state index in [4.69, 9.17) is 0 Å². The van der Waals surface area contributed by atoms with Crippen LogP contribution in [0, 0.1) is 5.82 Å². The van der Waals surface area contributed by atoms with Gasteiger partial charge in [0.1, 0.15) is 12.1 Å². The average Bonchev–Trinajstić information content (AvgIpc) is 3.45. The number of benzene rings is 1. The van der Waals surface area contributed by atoms with E-state index in [9.17, 15) is 4.79 Å². The Morgan fingerprint density at radius 2 is 2.06 bits per heavy atom. The first-order chi connectivity index (χ1) is 15.4. The summed E-state index contributed by atoms with van der Waals surface area (Å²) in [6.45, 7) is 6.71. The van der Waals surface area contributed by atoms with Crippen molar-refractivity contribution in [1.82, 2.24) is 30.3 Å². The molecule has 32 heavy (non-hydrogen) atoms.